The van der Waals surface area contributed by atoms with E-state index in [9.17, 15) is 10.1 Å². The molecule has 0 aromatic carbocycles. The SMILES string of the molecule is CCCCN1N=CN([N+](=O)[O-])C1C(C)C. The van der Waals surface area contributed by atoms with Crippen LogP contribution in [0.5, 0.6) is 0 Å². The van der Waals surface area contributed by atoms with Gasteiger partial charge in [0.1, 0.15) is 0 Å². The lowest BCUT2D eigenvalue weighted by Gasteiger charge is -2.27. The fourth-order valence-corrected chi connectivity index (χ4v) is 1.69. The van der Waals surface area contributed by atoms with E-state index in [1.54, 1.807) is 5.01 Å². The summed E-state index contributed by atoms with van der Waals surface area (Å²) in [4.78, 5) is 10.7. The Labute approximate surface area is 89.7 Å². The number of nitrogens with zero attached hydrogens (tertiary/aromatic N) is 4. The van der Waals surface area contributed by atoms with Crippen molar-refractivity contribution in [3.8, 4) is 0 Å². The van der Waals surface area contributed by atoms with Crippen LogP contribution >= 0.6 is 0 Å². The van der Waals surface area contributed by atoms with Crippen molar-refractivity contribution in [2.24, 2.45) is 11.0 Å². The lowest BCUT2D eigenvalue weighted by Crippen LogP contribution is -2.46. The van der Waals surface area contributed by atoms with E-state index in [1.165, 1.54) is 6.34 Å². The normalized spacial score (nSPS) is 20.4. The molecule has 0 saturated carbocycles. The number of hydrazone groups is 1. The molecule has 0 fully saturated rings. The molecule has 6 heteroatoms. The van der Waals surface area contributed by atoms with Gasteiger partial charge in [0, 0.05) is 6.54 Å². The minimum absolute atomic E-state index is 0.176. The molecule has 1 unspecified atom stereocenters. The van der Waals surface area contributed by atoms with Gasteiger partial charge < -0.3 is 0 Å². The number of hydrogen-bond donors (Lipinski definition) is 0. The minimum atomic E-state index is -0.403. The maximum absolute atomic E-state index is 10.7. The average Bonchev–Trinajstić information content (AvgIpc) is 2.58. The molecule has 15 heavy (non-hydrogen) atoms. The van der Waals surface area contributed by atoms with E-state index < -0.39 is 5.03 Å². The summed E-state index contributed by atoms with van der Waals surface area (Å²) in [5.74, 6) is 0.176. The maximum atomic E-state index is 10.7. The maximum Gasteiger partial charge on any atom is 0.185 e. The van der Waals surface area contributed by atoms with E-state index in [2.05, 4.69) is 12.0 Å². The molecule has 6 nitrogen and oxygen atoms in total. The lowest BCUT2D eigenvalue weighted by molar-refractivity contribution is -0.640. The second-order valence-electron chi connectivity index (χ2n) is 4.02. The highest BCUT2D eigenvalue weighted by molar-refractivity contribution is 5.55. The first-order valence-electron chi connectivity index (χ1n) is 5.31. The summed E-state index contributed by atoms with van der Waals surface area (Å²) in [5, 5.41) is 17.3. The zero-order chi connectivity index (χ0) is 11.4. The summed E-state index contributed by atoms with van der Waals surface area (Å²) in [6.45, 7) is 6.80. The van der Waals surface area contributed by atoms with Crippen molar-refractivity contribution in [2.75, 3.05) is 6.54 Å². The number of hydrogen-bond acceptors (Lipinski definition) is 4. The van der Waals surface area contributed by atoms with E-state index in [0.29, 0.717) is 0 Å². The molecule has 1 aliphatic rings. The van der Waals surface area contributed by atoms with Gasteiger partial charge in [0.15, 0.2) is 17.5 Å². The molecule has 0 aliphatic carbocycles. The van der Waals surface area contributed by atoms with E-state index in [-0.39, 0.29) is 12.1 Å². The highest BCUT2D eigenvalue weighted by Crippen LogP contribution is 2.20. The zero-order valence-corrected chi connectivity index (χ0v) is 9.46. The minimum Gasteiger partial charge on any atom is -0.266 e. The third-order valence-electron chi connectivity index (χ3n) is 2.42. The van der Waals surface area contributed by atoms with Gasteiger partial charge in [0.05, 0.1) is 0 Å². The van der Waals surface area contributed by atoms with Crippen molar-refractivity contribution in [3.05, 3.63) is 10.1 Å². The first-order chi connectivity index (χ1) is 7.07. The highest BCUT2D eigenvalue weighted by atomic mass is 16.7. The van der Waals surface area contributed by atoms with E-state index in [4.69, 9.17) is 0 Å². The van der Waals surface area contributed by atoms with Gasteiger partial charge in [-0.15, -0.1) is 0 Å². The van der Waals surface area contributed by atoms with Crippen LogP contribution in [0.4, 0.5) is 0 Å². The van der Waals surface area contributed by atoms with Crippen molar-refractivity contribution in [1.29, 1.82) is 0 Å². The summed E-state index contributed by atoms with van der Waals surface area (Å²) in [6, 6.07) is 0. The Hall–Kier alpha value is -1.33. The van der Waals surface area contributed by atoms with Gasteiger partial charge in [-0.25, -0.2) is 10.1 Å². The predicted molar refractivity (Wildman–Crippen MR) is 57.6 cm³/mol. The molecule has 0 saturated heterocycles. The Balaban J connectivity index is 2.66. The number of unbranched alkanes of at least 4 members (excludes halogenated alkanes) is 1. The average molecular weight is 214 g/mol. The molecule has 0 amide bonds. The Kier molecular flexibility index (Phi) is 3.88. The van der Waals surface area contributed by atoms with Crippen LogP contribution in [0, 0.1) is 16.0 Å². The summed E-state index contributed by atoms with van der Waals surface area (Å²) in [7, 11) is 0. The van der Waals surface area contributed by atoms with Crippen LogP contribution in [-0.4, -0.2) is 34.1 Å². The van der Waals surface area contributed by atoms with Gasteiger partial charge in [-0.3, -0.25) is 5.01 Å². The van der Waals surface area contributed by atoms with Crippen LogP contribution in [-0.2, 0) is 0 Å². The molecule has 1 rings (SSSR count). The van der Waals surface area contributed by atoms with Crippen LogP contribution in [0.2, 0.25) is 0 Å². The number of hydrazine groups is 1. The summed E-state index contributed by atoms with van der Waals surface area (Å²) in [6.07, 6.45) is 3.13. The topological polar surface area (TPSA) is 62.0 Å². The van der Waals surface area contributed by atoms with Crippen LogP contribution in [0.15, 0.2) is 5.10 Å². The third kappa shape index (κ3) is 2.57. The van der Waals surface area contributed by atoms with Crippen LogP contribution in [0.25, 0.3) is 0 Å². The van der Waals surface area contributed by atoms with E-state index >= 15 is 0 Å². The second kappa shape index (κ2) is 4.95. The molecule has 86 valence electrons. The van der Waals surface area contributed by atoms with E-state index in [0.717, 1.165) is 24.4 Å². The Bertz CT molecular complexity index is 254. The number of rotatable bonds is 5. The van der Waals surface area contributed by atoms with Crippen molar-refractivity contribution in [1.82, 2.24) is 10.0 Å². The fraction of sp³-hybridized carbons (Fsp3) is 0.889. The summed E-state index contributed by atoms with van der Waals surface area (Å²) in [5.41, 5.74) is 0. The van der Waals surface area contributed by atoms with Gasteiger partial charge in [0.2, 0.25) is 0 Å². The zero-order valence-electron chi connectivity index (χ0n) is 9.46. The first-order valence-corrected chi connectivity index (χ1v) is 5.31. The molecule has 1 aliphatic heterocycles. The standard InChI is InChI=1S/C9H18N4O2/c1-4-5-6-11-9(8(2)3)12(7-10-11)13(14)15/h7-9H,4-6H2,1-3H3. The quantitative estimate of drug-likeness (QED) is 0.514. The molecule has 0 radical (unpaired) electrons. The predicted octanol–water partition coefficient (Wildman–Crippen LogP) is 1.52. The Morgan fingerprint density at radius 1 is 1.60 bits per heavy atom. The molecule has 0 N–H and O–H groups in total. The van der Waals surface area contributed by atoms with Crippen molar-refractivity contribution in [3.63, 3.8) is 0 Å². The molecule has 0 aromatic rings. The largest absolute Gasteiger partial charge is 0.266 e. The van der Waals surface area contributed by atoms with Crippen molar-refractivity contribution < 1.29 is 5.03 Å². The van der Waals surface area contributed by atoms with Crippen LogP contribution < -0.4 is 0 Å². The highest BCUT2D eigenvalue weighted by Gasteiger charge is 2.37. The smallest absolute Gasteiger partial charge is 0.185 e. The molecule has 0 bridgehead atoms. The monoisotopic (exact) mass is 214 g/mol. The fourth-order valence-electron chi connectivity index (χ4n) is 1.69. The van der Waals surface area contributed by atoms with Crippen LogP contribution in [0.1, 0.15) is 33.6 Å². The molecule has 1 heterocycles. The molecule has 0 spiro atoms. The van der Waals surface area contributed by atoms with E-state index in [1.807, 2.05) is 13.8 Å². The van der Waals surface area contributed by atoms with Gasteiger partial charge >= 0.3 is 0 Å². The molecule has 0 aromatic heterocycles. The molecular weight excluding hydrogens is 196 g/mol. The van der Waals surface area contributed by atoms with Gasteiger partial charge in [-0.2, -0.15) is 5.10 Å². The Morgan fingerprint density at radius 3 is 2.73 bits per heavy atom. The molecule has 1 atom stereocenters. The van der Waals surface area contributed by atoms with Gasteiger partial charge in [0.25, 0.3) is 0 Å². The lowest BCUT2D eigenvalue weighted by atomic mass is 10.1. The van der Waals surface area contributed by atoms with Crippen molar-refractivity contribution in [2.45, 2.75) is 39.8 Å². The summed E-state index contributed by atoms with van der Waals surface area (Å²) < 4.78 is 0. The van der Waals surface area contributed by atoms with Crippen LogP contribution in [0.3, 0.4) is 0 Å². The van der Waals surface area contributed by atoms with Gasteiger partial charge in [-0.05, 0) is 12.3 Å². The van der Waals surface area contributed by atoms with Crippen molar-refractivity contribution >= 4 is 6.34 Å². The Morgan fingerprint density at radius 2 is 2.27 bits per heavy atom. The van der Waals surface area contributed by atoms with Gasteiger partial charge in [-0.1, -0.05) is 32.2 Å². The number of nitro groups is 1. The first kappa shape index (κ1) is 11.7. The summed E-state index contributed by atoms with van der Waals surface area (Å²) >= 11 is 0. The third-order valence-corrected chi connectivity index (χ3v) is 2.42. The second-order valence-corrected chi connectivity index (χ2v) is 4.02. The molecular formula is C9H18N4O2.